The molecule has 0 aromatic carbocycles. The van der Waals surface area contributed by atoms with Gasteiger partial charge in [-0.2, -0.15) is 0 Å². The zero-order valence-electron chi connectivity index (χ0n) is 46.4. The van der Waals surface area contributed by atoms with Gasteiger partial charge in [-0.1, -0.05) is 0 Å². The number of carbonyl (C=O) groups excluding carboxylic acids is 1. The van der Waals surface area contributed by atoms with Crippen molar-refractivity contribution in [1.29, 1.82) is 0 Å². The van der Waals surface area contributed by atoms with Crippen molar-refractivity contribution in [3.05, 3.63) is 23.0 Å². The van der Waals surface area contributed by atoms with E-state index in [2.05, 4.69) is 0 Å². The molecule has 8 bridgehead atoms. The van der Waals surface area contributed by atoms with E-state index in [0.29, 0.717) is 0 Å². The summed E-state index contributed by atoms with van der Waals surface area (Å²) in [5.41, 5.74) is 0. The van der Waals surface area contributed by atoms with Gasteiger partial charge in [0.2, 0.25) is 18.4 Å². The largest absolute Gasteiger partial charge is 0.506 e. The van der Waals surface area contributed by atoms with Crippen LogP contribution < -0.4 is 0 Å². The molecule has 9 rings (SSSR count). The fourth-order valence-electron chi connectivity index (χ4n) is 9.71. The van der Waals surface area contributed by atoms with E-state index in [1.54, 1.807) is 0 Å². The number of ether oxygens (including phenoxy) is 13. The van der Waals surface area contributed by atoms with E-state index < -0.39 is 299 Å². The highest BCUT2D eigenvalue weighted by molar-refractivity contribution is 5.84. The van der Waals surface area contributed by atoms with E-state index in [1.807, 2.05) is 0 Å². The number of aliphatic hydroxyl groups excluding tert-OH is 26. The number of ketones is 1. The molecule has 0 aromatic rings. The predicted octanol–water partition coefficient (Wildman–Crippen LogP) is -13.4. The summed E-state index contributed by atoms with van der Waals surface area (Å²) in [6, 6.07) is 0. The van der Waals surface area contributed by atoms with Crippen LogP contribution in [0.25, 0.3) is 0 Å². The summed E-state index contributed by atoms with van der Waals surface area (Å²) in [5.74, 6) is -10.1. The number of Topliss-reactive ketones (excluding diaryl/α,β-unsaturated/α-hetero) is 1. The van der Waals surface area contributed by atoms with Gasteiger partial charge in [0.25, 0.3) is 0 Å². The van der Waals surface area contributed by atoms with Crippen LogP contribution in [0, 0.1) is 0 Å². The van der Waals surface area contributed by atoms with Gasteiger partial charge in [-0.15, -0.1) is 0 Å². The van der Waals surface area contributed by atoms with Gasteiger partial charge in [0.1, 0.15) is 110 Å². The SMILES string of the molecule is O=C1CC2(CO)OC(CO)OC(CO)C(CO)OC3OC(CO)C(OC4OC(CO)C(OC(O)/C(O)=C(\O)C(CCO)OC(O)/C(O)=C(\O)C(CCO)OC5OC(CO)C(OC(O)C(O)C(O)C(CCO)OC(O2)C1O)C(O)C5O)C(O)C4O)C(O)C3O. The summed E-state index contributed by atoms with van der Waals surface area (Å²) < 4.78 is 71.4. The molecule has 0 aliphatic carbocycles. The average molecular weight is 1300 g/mol. The Balaban J connectivity index is 1.51. The second-order valence-electron chi connectivity index (χ2n) is 20.6. The maximum absolute atomic E-state index is 13.3. The van der Waals surface area contributed by atoms with Crippen LogP contribution in [-0.2, 0) is 66.4 Å². The normalized spacial score (nSPS) is 46.7. The predicted molar refractivity (Wildman–Crippen MR) is 268 cm³/mol. The highest BCUT2D eigenvalue weighted by atomic mass is 16.8. The zero-order valence-corrected chi connectivity index (χ0v) is 46.4. The fraction of sp³-hybridized carbons (Fsp3) is 0.896. The third kappa shape index (κ3) is 18.0. The number of aliphatic hydroxyl groups is 26. The Morgan fingerprint density at radius 3 is 1.20 bits per heavy atom. The first-order valence-electron chi connectivity index (χ1n) is 27.3. The first-order chi connectivity index (χ1) is 41.7. The minimum Gasteiger partial charge on any atom is -0.506 e. The second kappa shape index (κ2) is 34.7. The quantitative estimate of drug-likeness (QED) is 0.0814. The topological polar surface area (TPSA) is 663 Å². The van der Waals surface area contributed by atoms with Gasteiger partial charge >= 0.3 is 0 Å². The van der Waals surface area contributed by atoms with E-state index in [-0.39, 0.29) is 0 Å². The molecule has 40 heteroatoms. The molecule has 88 heavy (non-hydrogen) atoms. The van der Waals surface area contributed by atoms with Crippen molar-refractivity contribution in [2.45, 2.75) is 204 Å². The molecule has 4 fully saturated rings. The molecule has 0 radical (unpaired) electrons. The first-order valence-corrected chi connectivity index (χ1v) is 27.3. The van der Waals surface area contributed by atoms with Crippen LogP contribution >= 0.6 is 0 Å². The summed E-state index contributed by atoms with van der Waals surface area (Å²) >= 11 is 0. The lowest BCUT2D eigenvalue weighted by Gasteiger charge is -2.47. The molecule has 0 aromatic heterocycles. The van der Waals surface area contributed by atoms with Crippen molar-refractivity contribution in [2.75, 3.05) is 66.1 Å². The van der Waals surface area contributed by atoms with Crippen LogP contribution in [0.15, 0.2) is 23.0 Å². The van der Waals surface area contributed by atoms with Crippen LogP contribution in [-0.4, -0.2) is 383 Å². The van der Waals surface area contributed by atoms with E-state index in [0.717, 1.165) is 0 Å². The third-order valence-corrected chi connectivity index (χ3v) is 14.6. The average Bonchev–Trinajstić information content (AvgIpc) is 1.03. The molecule has 29 unspecified atom stereocenters. The highest BCUT2D eigenvalue weighted by Crippen LogP contribution is 2.36. The van der Waals surface area contributed by atoms with Crippen LogP contribution in [0.2, 0.25) is 0 Å². The molecule has 514 valence electrons. The van der Waals surface area contributed by atoms with E-state index in [1.165, 1.54) is 0 Å². The number of hydrogen-bond donors (Lipinski definition) is 26. The molecule has 26 N–H and O–H groups in total. The molecule has 0 saturated carbocycles. The Morgan fingerprint density at radius 2 is 0.750 bits per heavy atom. The van der Waals surface area contributed by atoms with Gasteiger partial charge < -0.3 is 194 Å². The lowest BCUT2D eigenvalue weighted by molar-refractivity contribution is -0.399. The number of fused-ring (bicyclic) bond motifs is 1. The van der Waals surface area contributed by atoms with Crippen molar-refractivity contribution in [3.63, 3.8) is 0 Å². The fourth-order valence-corrected chi connectivity index (χ4v) is 9.71. The molecule has 9 heterocycles. The van der Waals surface area contributed by atoms with E-state index >= 15 is 0 Å². The van der Waals surface area contributed by atoms with Crippen molar-refractivity contribution in [2.24, 2.45) is 0 Å². The molecular formula is C48H82O40. The minimum atomic E-state index is -2.82. The lowest BCUT2D eigenvalue weighted by Crippen LogP contribution is -2.65. The smallest absolute Gasteiger partial charge is 0.218 e. The summed E-state index contributed by atoms with van der Waals surface area (Å²) in [6.07, 6.45) is -66.1. The molecule has 9 aliphatic heterocycles. The van der Waals surface area contributed by atoms with E-state index in [4.69, 9.17) is 61.6 Å². The number of carbonyl (C=O) groups is 1. The number of rotatable bonds is 13. The Kier molecular flexibility index (Phi) is 29.9. The summed E-state index contributed by atoms with van der Waals surface area (Å²) in [6.45, 7) is -11.3. The third-order valence-electron chi connectivity index (χ3n) is 14.6. The molecule has 4 saturated heterocycles. The van der Waals surface area contributed by atoms with Crippen LogP contribution in [0.4, 0.5) is 0 Å². The zero-order chi connectivity index (χ0) is 65.6. The number of hydrogen-bond acceptors (Lipinski definition) is 40. The van der Waals surface area contributed by atoms with Crippen molar-refractivity contribution < 1.29 is 199 Å². The minimum absolute atomic E-state index is 0.744. The highest BCUT2D eigenvalue weighted by Gasteiger charge is 2.55. The van der Waals surface area contributed by atoms with Gasteiger partial charge in [-0.05, 0) is 6.42 Å². The maximum atomic E-state index is 13.3. The molecule has 29 atom stereocenters. The van der Waals surface area contributed by atoms with Gasteiger partial charge in [0.15, 0.2) is 72.7 Å². The summed E-state index contributed by atoms with van der Waals surface area (Å²) in [5, 5.41) is 279. The van der Waals surface area contributed by atoms with E-state index in [9.17, 15) is 138 Å². The second-order valence-corrected chi connectivity index (χ2v) is 20.6. The lowest BCUT2D eigenvalue weighted by atomic mass is 9.96. The van der Waals surface area contributed by atoms with Crippen LogP contribution in [0.1, 0.15) is 25.7 Å². The maximum Gasteiger partial charge on any atom is 0.218 e. The standard InChI is InChI=1S/C48H82O40/c49-4-1-16-26(61)33(68)42(74)85-39-22(11-55)83-46(37(72)30(39)65)86-40-23(12-56)82-45(36(71)31(40)66)80-20(9-53)19(8-52)76-24(13-57)87-48(14-58)7-15(59)25(60)47(88-48)79-18(3-6-51)28(63)34(69)43(75)84-38-21(10-54)81-44(35(70)29(38)64)78-17(2-5-50)27(62)32(67)41(73)77-16/h16-25,28-31,34-47,49-58,60-75H,1-14H2/b32-27+,33-26+. The molecule has 0 amide bonds. The molecular weight excluding hydrogens is 1220 g/mol. The van der Waals surface area contributed by atoms with Crippen molar-refractivity contribution >= 4 is 5.78 Å². The van der Waals surface area contributed by atoms with Gasteiger partial charge in [0, 0.05) is 32.7 Å². The first kappa shape index (κ1) is 75.7. The van der Waals surface area contributed by atoms with Crippen LogP contribution in [0.3, 0.4) is 0 Å². The van der Waals surface area contributed by atoms with Crippen molar-refractivity contribution in [3.8, 4) is 0 Å². The van der Waals surface area contributed by atoms with Gasteiger partial charge in [-0.3, -0.25) is 4.79 Å². The molecule has 9 aliphatic rings. The Bertz CT molecular complexity index is 2140. The Hall–Kier alpha value is -3.05. The summed E-state index contributed by atoms with van der Waals surface area (Å²) in [4.78, 5) is 13.3. The van der Waals surface area contributed by atoms with Gasteiger partial charge in [-0.25, -0.2) is 0 Å². The van der Waals surface area contributed by atoms with Crippen LogP contribution in [0.5, 0.6) is 0 Å². The Morgan fingerprint density at radius 1 is 0.352 bits per heavy atom. The van der Waals surface area contributed by atoms with Crippen molar-refractivity contribution in [1.82, 2.24) is 0 Å². The Labute approximate surface area is 497 Å². The van der Waals surface area contributed by atoms with Gasteiger partial charge in [0.05, 0.1) is 58.8 Å². The summed E-state index contributed by atoms with van der Waals surface area (Å²) in [7, 11) is 0. The molecule has 40 nitrogen and oxygen atoms in total. The molecule has 0 spiro atoms. The monoisotopic (exact) mass is 1300 g/mol.